The summed E-state index contributed by atoms with van der Waals surface area (Å²) in [4.78, 5) is 146. The van der Waals surface area contributed by atoms with Gasteiger partial charge in [-0.2, -0.15) is 0 Å². The fourth-order valence-electron chi connectivity index (χ4n) is 6.54. The highest BCUT2D eigenvalue weighted by molar-refractivity contribution is 5.99. The molecule has 0 saturated carbocycles. The van der Waals surface area contributed by atoms with E-state index in [1.54, 1.807) is 55.4 Å². The van der Waals surface area contributed by atoms with Crippen LogP contribution in [0.3, 0.4) is 0 Å². The second kappa shape index (κ2) is 30.7. The summed E-state index contributed by atoms with van der Waals surface area (Å²) < 4.78 is 0. The monoisotopic (exact) mass is 983 g/mol. The average Bonchev–Trinajstić information content (AvgIpc) is 3.21. The van der Waals surface area contributed by atoms with Gasteiger partial charge in [-0.05, 0) is 69.6 Å². The number of rotatable bonds is 32. The van der Waals surface area contributed by atoms with E-state index in [1.807, 2.05) is 0 Å². The van der Waals surface area contributed by atoms with Crippen LogP contribution < -0.4 is 71.2 Å². The first-order valence-electron chi connectivity index (χ1n) is 22.9. The molecule has 69 heavy (non-hydrogen) atoms. The molecule has 0 unspecified atom stereocenters. The van der Waals surface area contributed by atoms with Gasteiger partial charge in [0.1, 0.15) is 48.3 Å². The van der Waals surface area contributed by atoms with Crippen LogP contribution in [0.15, 0.2) is 4.99 Å². The van der Waals surface area contributed by atoms with Gasteiger partial charge in [0.2, 0.25) is 59.1 Å². The molecule has 0 aliphatic carbocycles. The van der Waals surface area contributed by atoms with Crippen LogP contribution in [-0.4, -0.2) is 137 Å². The van der Waals surface area contributed by atoms with E-state index < -0.39 is 138 Å². The molecule has 0 radical (unpaired) electrons. The van der Waals surface area contributed by atoms with E-state index in [2.05, 4.69) is 47.5 Å². The zero-order chi connectivity index (χ0) is 53.5. The molecule has 0 bridgehead atoms. The van der Waals surface area contributed by atoms with Crippen LogP contribution >= 0.6 is 0 Å². The average molecular weight is 983 g/mol. The number of nitrogens with one attached hydrogen (secondary N) is 8. The van der Waals surface area contributed by atoms with E-state index in [0.717, 1.165) is 0 Å². The maximum absolute atomic E-state index is 13.9. The summed E-state index contributed by atoms with van der Waals surface area (Å²) in [6, 6.07) is -12.0. The van der Waals surface area contributed by atoms with Gasteiger partial charge in [-0.25, -0.2) is 4.79 Å². The van der Waals surface area contributed by atoms with Crippen molar-refractivity contribution in [1.82, 2.24) is 42.5 Å². The largest absolute Gasteiger partial charge is 0.480 e. The molecule has 392 valence electrons. The number of nitrogens with two attached hydrogens (primary N) is 5. The lowest BCUT2D eigenvalue weighted by atomic mass is 9.98. The van der Waals surface area contributed by atoms with Crippen LogP contribution in [0.1, 0.15) is 114 Å². The zero-order valence-electron chi connectivity index (χ0n) is 41.4. The van der Waals surface area contributed by atoms with Gasteiger partial charge in [-0.15, -0.1) is 0 Å². The zero-order valence-corrected chi connectivity index (χ0v) is 41.4. The Morgan fingerprint density at radius 3 is 1.28 bits per heavy atom. The molecule has 19 N–H and O–H groups in total. The number of carbonyl (C=O) groups excluding carboxylic acids is 10. The quantitative estimate of drug-likeness (QED) is 0.0173. The van der Waals surface area contributed by atoms with E-state index in [1.165, 1.54) is 13.8 Å². The summed E-state index contributed by atoms with van der Waals surface area (Å²) in [5.41, 5.74) is 27.2. The van der Waals surface area contributed by atoms with Crippen LogP contribution in [0.25, 0.3) is 0 Å². The number of primary amides is 2. The van der Waals surface area contributed by atoms with Crippen molar-refractivity contribution in [3.8, 4) is 0 Å². The Balaban J connectivity index is 6.31. The van der Waals surface area contributed by atoms with Crippen molar-refractivity contribution in [3.05, 3.63) is 0 Å². The highest BCUT2D eigenvalue weighted by Gasteiger charge is 2.35. The minimum absolute atomic E-state index is 0.00171. The van der Waals surface area contributed by atoms with Crippen molar-refractivity contribution in [1.29, 1.82) is 0 Å². The van der Waals surface area contributed by atoms with Gasteiger partial charge < -0.3 is 76.3 Å². The maximum atomic E-state index is 13.9. The lowest BCUT2D eigenvalue weighted by Crippen LogP contribution is -2.61. The van der Waals surface area contributed by atoms with Gasteiger partial charge in [0.05, 0.1) is 18.9 Å². The number of aliphatic imine (C=N–C) groups is 1. The summed E-state index contributed by atoms with van der Waals surface area (Å²) in [5.74, 6) is -11.2. The molecule has 0 aromatic heterocycles. The third-order valence-corrected chi connectivity index (χ3v) is 10.1. The van der Waals surface area contributed by atoms with Crippen molar-refractivity contribution in [2.24, 2.45) is 57.3 Å². The standard InChI is InChI=1S/C43H78N14O12/c1-19(2)14-27(53-36(62)25(44)17-31(45)58)38(64)51-23(9)34(60)50-24(10)35(61)52-26(12-11-13-49-43(47)48)37(63)54-29(18-32(46)59)40(66)57-33(22(7)8)41(67)55-28(15-20(3)4)39(65)56-30(42(68)69)16-21(5)6/h19-30,33H,11-18,44H2,1-10H3,(H2,45,58)(H2,46,59)(H,50,60)(H,51,64)(H,52,61)(H,53,62)(H,54,63)(H,55,67)(H,56,65)(H,57,66)(H,68,69)(H4,47,48,49)/t23-,24-,25-,26-,27-,28-,29-,30-,33-/m0/s1. The highest BCUT2D eigenvalue weighted by atomic mass is 16.4. The number of hydrogen-bond acceptors (Lipinski definition) is 13. The SMILES string of the molecule is CC(C)C[C@H](NC(=O)[C@H](CC(C)C)NC(=O)[C@@H](NC(=O)[C@H](CC(N)=O)NC(=O)[C@H](CCCN=C(N)N)NC(=O)[C@H](C)NC(=O)[C@H](C)NC(=O)[C@H](CC(C)C)NC(=O)[C@@H](N)CC(N)=O)C(C)C)C(=O)O. The predicted molar refractivity (Wildman–Crippen MR) is 253 cm³/mol. The van der Waals surface area contributed by atoms with Gasteiger partial charge in [0, 0.05) is 6.54 Å². The first kappa shape index (κ1) is 62.4. The third kappa shape index (κ3) is 25.4. The predicted octanol–water partition coefficient (Wildman–Crippen LogP) is -4.08. The Hall–Kier alpha value is -6.60. The Kier molecular flexibility index (Phi) is 27.8. The first-order chi connectivity index (χ1) is 31.9. The summed E-state index contributed by atoms with van der Waals surface area (Å²) in [5, 5.41) is 29.5. The van der Waals surface area contributed by atoms with Crippen LogP contribution in [-0.2, 0) is 52.7 Å². The van der Waals surface area contributed by atoms with Gasteiger partial charge >= 0.3 is 5.97 Å². The van der Waals surface area contributed by atoms with Crippen molar-refractivity contribution in [2.75, 3.05) is 6.54 Å². The summed E-state index contributed by atoms with van der Waals surface area (Å²) in [6.07, 6.45) is -0.913. The van der Waals surface area contributed by atoms with Crippen molar-refractivity contribution < 1.29 is 57.8 Å². The molecule has 0 aromatic carbocycles. The molecule has 0 aromatic rings. The van der Waals surface area contributed by atoms with E-state index in [4.69, 9.17) is 28.7 Å². The summed E-state index contributed by atoms with van der Waals surface area (Å²) in [7, 11) is 0. The topological polar surface area (TPSA) is 447 Å². The van der Waals surface area contributed by atoms with E-state index in [0.29, 0.717) is 0 Å². The molecule has 26 nitrogen and oxygen atoms in total. The fourth-order valence-corrected chi connectivity index (χ4v) is 6.54. The third-order valence-electron chi connectivity index (χ3n) is 10.1. The first-order valence-corrected chi connectivity index (χ1v) is 22.9. The number of amides is 10. The van der Waals surface area contributed by atoms with Crippen LogP contribution in [0.2, 0.25) is 0 Å². The van der Waals surface area contributed by atoms with Crippen molar-refractivity contribution >= 4 is 71.0 Å². The molecule has 10 amide bonds. The van der Waals surface area contributed by atoms with Crippen LogP contribution in [0, 0.1) is 23.7 Å². The van der Waals surface area contributed by atoms with Crippen LogP contribution in [0.4, 0.5) is 0 Å². The van der Waals surface area contributed by atoms with E-state index in [9.17, 15) is 57.8 Å². The highest BCUT2D eigenvalue weighted by Crippen LogP contribution is 2.12. The smallest absolute Gasteiger partial charge is 0.326 e. The summed E-state index contributed by atoms with van der Waals surface area (Å²) >= 11 is 0. The van der Waals surface area contributed by atoms with Crippen LogP contribution in [0.5, 0.6) is 0 Å². The molecule has 0 heterocycles. The molecular weight excluding hydrogens is 905 g/mol. The molecule has 0 saturated heterocycles. The Morgan fingerprint density at radius 1 is 0.449 bits per heavy atom. The van der Waals surface area contributed by atoms with E-state index >= 15 is 0 Å². The number of carbonyl (C=O) groups is 11. The Labute approximate surface area is 403 Å². The van der Waals surface area contributed by atoms with E-state index in [-0.39, 0.29) is 62.4 Å². The number of nitrogens with zero attached hydrogens (tertiary/aromatic N) is 1. The molecular formula is C43H78N14O12. The number of hydrogen-bond donors (Lipinski definition) is 14. The Bertz CT molecular complexity index is 1840. The number of aliphatic carboxylic acids is 1. The van der Waals surface area contributed by atoms with Crippen molar-refractivity contribution in [3.63, 3.8) is 0 Å². The normalized spacial score (nSPS) is 15.1. The van der Waals surface area contributed by atoms with Crippen molar-refractivity contribution in [2.45, 2.75) is 169 Å². The molecule has 0 aliphatic heterocycles. The van der Waals surface area contributed by atoms with Gasteiger partial charge in [0.15, 0.2) is 5.96 Å². The van der Waals surface area contributed by atoms with Gasteiger partial charge in [-0.1, -0.05) is 55.4 Å². The Morgan fingerprint density at radius 2 is 0.826 bits per heavy atom. The minimum Gasteiger partial charge on any atom is -0.480 e. The molecule has 9 atom stereocenters. The number of carboxylic acid groups (broad SMARTS) is 1. The number of guanidine groups is 1. The molecule has 26 heteroatoms. The van der Waals surface area contributed by atoms with Gasteiger partial charge in [0.25, 0.3) is 0 Å². The second-order valence-corrected chi connectivity index (χ2v) is 18.6. The minimum atomic E-state index is -1.70. The lowest BCUT2D eigenvalue weighted by molar-refractivity contribution is -0.143. The second-order valence-electron chi connectivity index (χ2n) is 18.6. The fraction of sp³-hybridized carbons (Fsp3) is 0.721. The molecule has 0 rings (SSSR count). The molecule has 0 spiro atoms. The van der Waals surface area contributed by atoms with Gasteiger partial charge in [-0.3, -0.25) is 52.9 Å². The molecule has 0 aliphatic rings. The maximum Gasteiger partial charge on any atom is 0.326 e. The summed E-state index contributed by atoms with van der Waals surface area (Å²) in [6.45, 7) is 16.5. The lowest BCUT2D eigenvalue weighted by Gasteiger charge is -2.29. The molecule has 0 fully saturated rings. The number of carboxylic acids is 1.